The summed E-state index contributed by atoms with van der Waals surface area (Å²) >= 11 is 0. The van der Waals surface area contributed by atoms with Crippen LogP contribution in [0.25, 0.3) is 11.0 Å². The first-order chi connectivity index (χ1) is 9.65. The molecule has 102 valence electrons. The lowest BCUT2D eigenvalue weighted by Gasteiger charge is -2.05. The largest absolute Gasteiger partial charge is 0.344 e. The highest BCUT2D eigenvalue weighted by Crippen LogP contribution is 2.10. The van der Waals surface area contributed by atoms with E-state index >= 15 is 0 Å². The molecule has 0 fully saturated rings. The third-order valence-electron chi connectivity index (χ3n) is 3.46. The van der Waals surface area contributed by atoms with Gasteiger partial charge in [0.25, 0.3) is 5.91 Å². The van der Waals surface area contributed by atoms with Gasteiger partial charge in [-0.3, -0.25) is 4.79 Å². The second-order valence-electron chi connectivity index (χ2n) is 4.80. The molecule has 5 nitrogen and oxygen atoms in total. The van der Waals surface area contributed by atoms with Crippen molar-refractivity contribution in [1.82, 2.24) is 19.9 Å². The van der Waals surface area contributed by atoms with Crippen LogP contribution in [0.3, 0.4) is 0 Å². The molecule has 0 saturated heterocycles. The highest BCUT2D eigenvalue weighted by Gasteiger charge is 2.11. The van der Waals surface area contributed by atoms with Crippen LogP contribution < -0.4 is 5.32 Å². The third kappa shape index (κ3) is 2.18. The number of aromatic nitrogens is 3. The van der Waals surface area contributed by atoms with Gasteiger partial charge in [-0.05, 0) is 31.2 Å². The Labute approximate surface area is 116 Å². The van der Waals surface area contributed by atoms with Gasteiger partial charge in [0.05, 0.1) is 17.6 Å². The van der Waals surface area contributed by atoms with E-state index in [1.165, 1.54) is 0 Å². The van der Waals surface area contributed by atoms with Gasteiger partial charge in [0.2, 0.25) is 0 Å². The highest BCUT2D eigenvalue weighted by molar-refractivity contribution is 5.92. The summed E-state index contributed by atoms with van der Waals surface area (Å²) < 4.78 is 1.87. The first kappa shape index (κ1) is 12.5. The maximum absolute atomic E-state index is 12.1. The van der Waals surface area contributed by atoms with Crippen LogP contribution in [0.2, 0.25) is 0 Å². The minimum Gasteiger partial charge on any atom is -0.344 e. The lowest BCUT2D eigenvalue weighted by atomic mass is 10.3. The molecule has 0 aliphatic carbocycles. The summed E-state index contributed by atoms with van der Waals surface area (Å²) in [6.45, 7) is 2.35. The minimum absolute atomic E-state index is 0.0962. The van der Waals surface area contributed by atoms with E-state index in [1.807, 2.05) is 54.9 Å². The maximum atomic E-state index is 12.1. The topological polar surface area (TPSA) is 62.7 Å². The lowest BCUT2D eigenvalue weighted by Crippen LogP contribution is -2.25. The molecule has 0 unspecified atom stereocenters. The first-order valence-corrected chi connectivity index (χ1v) is 6.49. The van der Waals surface area contributed by atoms with Gasteiger partial charge in [0, 0.05) is 12.7 Å². The normalized spacial score (nSPS) is 10.9. The number of hydrogen-bond acceptors (Lipinski definition) is 2. The molecule has 0 saturated carbocycles. The van der Waals surface area contributed by atoms with Crippen LogP contribution in [0.15, 0.2) is 36.4 Å². The van der Waals surface area contributed by atoms with Gasteiger partial charge < -0.3 is 14.9 Å². The SMILES string of the molecule is Cc1ccc(C(=O)NCc2nc3ccccc3[nH]2)n1C. The van der Waals surface area contributed by atoms with Crippen LogP contribution >= 0.6 is 0 Å². The van der Waals surface area contributed by atoms with Gasteiger partial charge in [-0.25, -0.2) is 4.98 Å². The van der Waals surface area contributed by atoms with Crippen LogP contribution in [0.1, 0.15) is 22.0 Å². The van der Waals surface area contributed by atoms with Gasteiger partial charge in [-0.1, -0.05) is 12.1 Å². The molecule has 0 aliphatic rings. The molecule has 0 spiro atoms. The Kier molecular flexibility index (Phi) is 3.02. The van der Waals surface area contributed by atoms with Crippen molar-refractivity contribution < 1.29 is 4.79 Å². The Morgan fingerprint density at radius 1 is 1.30 bits per heavy atom. The van der Waals surface area contributed by atoms with E-state index in [2.05, 4.69) is 15.3 Å². The molecule has 3 rings (SSSR count). The predicted molar refractivity (Wildman–Crippen MR) is 77.4 cm³/mol. The fraction of sp³-hybridized carbons (Fsp3) is 0.200. The highest BCUT2D eigenvalue weighted by atomic mass is 16.1. The van der Waals surface area contributed by atoms with Gasteiger partial charge in [-0.15, -0.1) is 0 Å². The number of nitrogens with one attached hydrogen (secondary N) is 2. The van der Waals surface area contributed by atoms with Crippen molar-refractivity contribution in [3.05, 3.63) is 53.6 Å². The van der Waals surface area contributed by atoms with Crippen molar-refractivity contribution in [2.45, 2.75) is 13.5 Å². The fourth-order valence-electron chi connectivity index (χ4n) is 2.19. The van der Waals surface area contributed by atoms with Crippen molar-refractivity contribution >= 4 is 16.9 Å². The van der Waals surface area contributed by atoms with E-state index in [0.717, 1.165) is 22.6 Å². The summed E-state index contributed by atoms with van der Waals surface area (Å²) in [4.78, 5) is 19.7. The number of benzene rings is 1. The molecule has 2 heterocycles. The second-order valence-corrected chi connectivity index (χ2v) is 4.80. The molecule has 1 amide bonds. The standard InChI is InChI=1S/C15H16N4O/c1-10-7-8-13(19(10)2)15(20)16-9-14-17-11-5-3-4-6-12(11)18-14/h3-8H,9H2,1-2H3,(H,16,20)(H,17,18). The number of hydrogen-bond donors (Lipinski definition) is 2. The van der Waals surface area contributed by atoms with Gasteiger partial charge in [0.15, 0.2) is 0 Å². The molecule has 5 heteroatoms. The van der Waals surface area contributed by atoms with E-state index in [4.69, 9.17) is 0 Å². The summed E-state index contributed by atoms with van der Waals surface area (Å²) in [7, 11) is 1.88. The Hall–Kier alpha value is -2.56. The number of fused-ring (bicyclic) bond motifs is 1. The van der Waals surface area contributed by atoms with Gasteiger partial charge >= 0.3 is 0 Å². The van der Waals surface area contributed by atoms with Gasteiger partial charge in [-0.2, -0.15) is 0 Å². The molecular formula is C15H16N4O. The van der Waals surface area contributed by atoms with Crippen LogP contribution in [0.4, 0.5) is 0 Å². The molecule has 0 atom stereocenters. The monoisotopic (exact) mass is 268 g/mol. The molecule has 0 radical (unpaired) electrons. The molecule has 3 aromatic rings. The second kappa shape index (κ2) is 4.85. The van der Waals surface area contributed by atoms with Crippen LogP contribution in [0, 0.1) is 6.92 Å². The Bertz CT molecular complexity index is 736. The number of amides is 1. The quantitative estimate of drug-likeness (QED) is 0.764. The Balaban J connectivity index is 1.73. The van der Waals surface area contributed by atoms with Crippen molar-refractivity contribution in [2.75, 3.05) is 0 Å². The third-order valence-corrected chi connectivity index (χ3v) is 3.46. The number of carbonyl (C=O) groups is 1. The number of para-hydroxylation sites is 2. The zero-order valence-corrected chi connectivity index (χ0v) is 11.5. The van der Waals surface area contributed by atoms with Crippen molar-refractivity contribution in [3.8, 4) is 0 Å². The molecule has 0 aliphatic heterocycles. The number of aryl methyl sites for hydroxylation is 1. The number of nitrogens with zero attached hydrogens (tertiary/aromatic N) is 2. The van der Waals surface area contributed by atoms with Crippen molar-refractivity contribution in [3.63, 3.8) is 0 Å². The summed E-state index contributed by atoms with van der Waals surface area (Å²) in [5.74, 6) is 0.659. The van der Waals surface area contributed by atoms with E-state index in [0.29, 0.717) is 12.2 Å². The zero-order valence-electron chi connectivity index (χ0n) is 11.5. The van der Waals surface area contributed by atoms with E-state index in [1.54, 1.807) is 0 Å². The van der Waals surface area contributed by atoms with E-state index < -0.39 is 0 Å². The summed E-state index contributed by atoms with van der Waals surface area (Å²) in [5.41, 5.74) is 3.59. The zero-order chi connectivity index (χ0) is 14.1. The summed E-state index contributed by atoms with van der Waals surface area (Å²) in [6, 6.07) is 11.6. The van der Waals surface area contributed by atoms with E-state index in [9.17, 15) is 4.79 Å². The van der Waals surface area contributed by atoms with Crippen LogP contribution in [0.5, 0.6) is 0 Å². The summed E-state index contributed by atoms with van der Waals surface area (Å²) in [6.07, 6.45) is 0. The summed E-state index contributed by atoms with van der Waals surface area (Å²) in [5, 5.41) is 2.88. The molecular weight excluding hydrogens is 252 g/mol. The van der Waals surface area contributed by atoms with Crippen molar-refractivity contribution in [2.24, 2.45) is 7.05 Å². The number of H-pyrrole nitrogens is 1. The Morgan fingerprint density at radius 2 is 2.10 bits per heavy atom. The smallest absolute Gasteiger partial charge is 0.268 e. The number of carbonyl (C=O) groups excluding carboxylic acids is 1. The fourth-order valence-corrected chi connectivity index (χ4v) is 2.19. The molecule has 2 aromatic heterocycles. The lowest BCUT2D eigenvalue weighted by molar-refractivity contribution is 0.0941. The number of aromatic amines is 1. The van der Waals surface area contributed by atoms with Crippen LogP contribution in [-0.4, -0.2) is 20.4 Å². The Morgan fingerprint density at radius 3 is 2.80 bits per heavy atom. The molecule has 20 heavy (non-hydrogen) atoms. The average Bonchev–Trinajstić information content (AvgIpc) is 3.00. The maximum Gasteiger partial charge on any atom is 0.268 e. The van der Waals surface area contributed by atoms with Gasteiger partial charge in [0.1, 0.15) is 11.5 Å². The number of imidazole rings is 1. The average molecular weight is 268 g/mol. The van der Waals surface area contributed by atoms with E-state index in [-0.39, 0.29) is 5.91 Å². The molecule has 2 N–H and O–H groups in total. The minimum atomic E-state index is -0.0962. The first-order valence-electron chi connectivity index (χ1n) is 6.49. The predicted octanol–water partition coefficient (Wildman–Crippen LogP) is 2.14. The van der Waals surface area contributed by atoms with Crippen LogP contribution in [-0.2, 0) is 13.6 Å². The molecule has 0 bridgehead atoms. The molecule has 1 aromatic carbocycles. The number of rotatable bonds is 3. The van der Waals surface area contributed by atoms with Crippen molar-refractivity contribution in [1.29, 1.82) is 0 Å².